The largest absolute Gasteiger partial charge is 0.496 e. The summed E-state index contributed by atoms with van der Waals surface area (Å²) in [7, 11) is 1.56. The molecule has 0 N–H and O–H groups in total. The molecule has 1 saturated heterocycles. The third-order valence-electron chi connectivity index (χ3n) is 5.96. The number of methoxy groups -OCH3 is 1. The molecule has 6 heteroatoms. The van der Waals surface area contributed by atoms with E-state index in [4.69, 9.17) is 4.74 Å². The molecule has 2 heterocycles. The van der Waals surface area contributed by atoms with Crippen molar-refractivity contribution < 1.29 is 18.7 Å². The van der Waals surface area contributed by atoms with E-state index in [1.165, 1.54) is 17.0 Å². The molecule has 31 heavy (non-hydrogen) atoms. The molecule has 0 saturated carbocycles. The molecule has 0 aromatic heterocycles. The maximum absolute atomic E-state index is 13.6. The van der Waals surface area contributed by atoms with E-state index in [9.17, 15) is 14.0 Å². The van der Waals surface area contributed by atoms with Gasteiger partial charge in [0.1, 0.15) is 17.3 Å². The minimum atomic E-state index is -0.354. The number of amides is 2. The smallest absolute Gasteiger partial charge is 0.278 e. The van der Waals surface area contributed by atoms with Crippen molar-refractivity contribution in [1.82, 2.24) is 9.80 Å². The Bertz CT molecular complexity index is 1020. The predicted molar refractivity (Wildman–Crippen MR) is 116 cm³/mol. The van der Waals surface area contributed by atoms with E-state index in [0.717, 1.165) is 19.5 Å². The highest BCUT2D eigenvalue weighted by atomic mass is 19.1. The summed E-state index contributed by atoms with van der Waals surface area (Å²) in [6.45, 7) is 5.88. The molecule has 2 aromatic rings. The van der Waals surface area contributed by atoms with Gasteiger partial charge < -0.3 is 9.64 Å². The van der Waals surface area contributed by atoms with Crippen molar-refractivity contribution in [2.24, 2.45) is 11.8 Å². The summed E-state index contributed by atoms with van der Waals surface area (Å²) in [6, 6.07) is 13.2. The predicted octanol–water partition coefficient (Wildman–Crippen LogP) is 4.09. The van der Waals surface area contributed by atoms with Gasteiger partial charge in [-0.25, -0.2) is 4.39 Å². The van der Waals surface area contributed by atoms with Gasteiger partial charge in [-0.3, -0.25) is 14.5 Å². The summed E-state index contributed by atoms with van der Waals surface area (Å²) < 4.78 is 18.8. The van der Waals surface area contributed by atoms with Crippen LogP contribution in [0.1, 0.15) is 31.4 Å². The molecule has 162 valence electrons. The molecule has 2 atom stereocenters. The number of imide groups is 1. The Labute approximate surface area is 182 Å². The minimum absolute atomic E-state index is 0.0963. The lowest BCUT2D eigenvalue weighted by Crippen LogP contribution is -2.41. The van der Waals surface area contributed by atoms with Gasteiger partial charge in [0, 0.05) is 18.7 Å². The summed E-state index contributed by atoms with van der Waals surface area (Å²) in [5, 5.41) is 0. The van der Waals surface area contributed by atoms with Gasteiger partial charge in [-0.15, -0.1) is 0 Å². The van der Waals surface area contributed by atoms with Gasteiger partial charge in [0.25, 0.3) is 11.8 Å². The van der Waals surface area contributed by atoms with Crippen LogP contribution in [-0.4, -0.2) is 41.8 Å². The fourth-order valence-electron chi connectivity index (χ4n) is 4.71. The van der Waals surface area contributed by atoms with E-state index in [2.05, 4.69) is 18.7 Å². The van der Waals surface area contributed by atoms with Crippen LogP contribution in [0.2, 0.25) is 0 Å². The van der Waals surface area contributed by atoms with Gasteiger partial charge in [0.2, 0.25) is 0 Å². The number of ether oxygens (including phenoxy) is 1. The molecule has 2 amide bonds. The number of piperidine rings is 1. The van der Waals surface area contributed by atoms with Crippen LogP contribution in [0.3, 0.4) is 0 Å². The number of hydrogen-bond donors (Lipinski definition) is 0. The number of carbonyl (C=O) groups excluding carboxylic acids is 2. The van der Waals surface area contributed by atoms with Crippen LogP contribution >= 0.6 is 0 Å². The number of likely N-dealkylation sites (tertiary alicyclic amines) is 1. The van der Waals surface area contributed by atoms with Crippen LogP contribution in [0.4, 0.5) is 4.39 Å². The van der Waals surface area contributed by atoms with E-state index in [0.29, 0.717) is 40.0 Å². The number of nitrogens with zero attached hydrogens (tertiary/aromatic N) is 2. The zero-order valence-electron chi connectivity index (χ0n) is 18.1. The standard InChI is InChI=1S/C25H27FN2O3/c1-16-12-17(2)14-27(13-16)23-22(20-6-4-5-7-21(20)31-3)24(29)28(25(23)30)15-18-8-10-19(26)11-9-18/h4-11,16-17H,12-15H2,1-3H3. The fourth-order valence-corrected chi connectivity index (χ4v) is 4.71. The van der Waals surface area contributed by atoms with Gasteiger partial charge >= 0.3 is 0 Å². The van der Waals surface area contributed by atoms with E-state index in [1.807, 2.05) is 18.2 Å². The van der Waals surface area contributed by atoms with E-state index in [-0.39, 0.29) is 24.2 Å². The molecule has 0 aliphatic carbocycles. The molecule has 5 nitrogen and oxygen atoms in total. The lowest BCUT2D eigenvalue weighted by molar-refractivity contribution is -0.138. The zero-order chi connectivity index (χ0) is 22.1. The number of benzene rings is 2. The van der Waals surface area contributed by atoms with Crippen LogP contribution in [0, 0.1) is 17.7 Å². The lowest BCUT2D eigenvalue weighted by Gasteiger charge is -2.37. The average molecular weight is 423 g/mol. The van der Waals surface area contributed by atoms with Gasteiger partial charge in [0.15, 0.2) is 0 Å². The van der Waals surface area contributed by atoms with Crippen molar-refractivity contribution in [3.05, 3.63) is 71.2 Å². The maximum Gasteiger partial charge on any atom is 0.278 e. The monoisotopic (exact) mass is 422 g/mol. The zero-order valence-corrected chi connectivity index (χ0v) is 18.1. The Morgan fingerprint density at radius 3 is 2.26 bits per heavy atom. The van der Waals surface area contributed by atoms with Crippen molar-refractivity contribution >= 4 is 17.4 Å². The second kappa shape index (κ2) is 8.53. The first kappa shape index (κ1) is 21.1. The molecule has 0 radical (unpaired) electrons. The Hall–Kier alpha value is -3.15. The number of hydrogen-bond acceptors (Lipinski definition) is 4. The number of para-hydroxylation sites is 1. The molecule has 1 fully saturated rings. The van der Waals surface area contributed by atoms with E-state index >= 15 is 0 Å². The minimum Gasteiger partial charge on any atom is -0.496 e. The van der Waals surface area contributed by atoms with Crippen molar-refractivity contribution in [3.8, 4) is 5.75 Å². The van der Waals surface area contributed by atoms with Crippen molar-refractivity contribution in [3.63, 3.8) is 0 Å². The van der Waals surface area contributed by atoms with Gasteiger partial charge in [-0.1, -0.05) is 44.2 Å². The molecule has 2 aliphatic rings. The van der Waals surface area contributed by atoms with Crippen molar-refractivity contribution in [2.45, 2.75) is 26.8 Å². The summed E-state index contributed by atoms with van der Waals surface area (Å²) in [5.74, 6) is 0.384. The van der Waals surface area contributed by atoms with Crippen LogP contribution in [-0.2, 0) is 16.1 Å². The summed E-state index contributed by atoms with van der Waals surface area (Å²) in [5.41, 5.74) is 2.14. The number of rotatable bonds is 5. The van der Waals surface area contributed by atoms with Crippen LogP contribution < -0.4 is 4.74 Å². The highest BCUT2D eigenvalue weighted by Crippen LogP contribution is 2.38. The molecule has 2 aromatic carbocycles. The second-order valence-electron chi connectivity index (χ2n) is 8.60. The van der Waals surface area contributed by atoms with Crippen LogP contribution in [0.25, 0.3) is 5.57 Å². The van der Waals surface area contributed by atoms with Gasteiger partial charge in [-0.05, 0) is 42.0 Å². The van der Waals surface area contributed by atoms with E-state index < -0.39 is 0 Å². The summed E-state index contributed by atoms with van der Waals surface area (Å²) in [4.78, 5) is 30.5. The first-order valence-electron chi connectivity index (χ1n) is 10.6. The molecular weight excluding hydrogens is 395 g/mol. The Morgan fingerprint density at radius 2 is 1.61 bits per heavy atom. The molecular formula is C25H27FN2O3. The Morgan fingerprint density at radius 1 is 0.968 bits per heavy atom. The van der Waals surface area contributed by atoms with Crippen molar-refractivity contribution in [2.75, 3.05) is 20.2 Å². The highest BCUT2D eigenvalue weighted by molar-refractivity contribution is 6.35. The molecule has 2 unspecified atom stereocenters. The second-order valence-corrected chi connectivity index (χ2v) is 8.60. The summed E-state index contributed by atoms with van der Waals surface area (Å²) in [6.07, 6.45) is 1.09. The number of carbonyl (C=O) groups is 2. The van der Waals surface area contributed by atoms with E-state index in [1.54, 1.807) is 25.3 Å². The Kier molecular flexibility index (Phi) is 5.81. The third-order valence-corrected chi connectivity index (χ3v) is 5.96. The maximum atomic E-state index is 13.6. The molecule has 2 aliphatic heterocycles. The quantitative estimate of drug-likeness (QED) is 0.681. The molecule has 0 spiro atoms. The number of halogens is 1. The molecule has 0 bridgehead atoms. The van der Waals surface area contributed by atoms with Crippen LogP contribution in [0.15, 0.2) is 54.2 Å². The lowest BCUT2D eigenvalue weighted by atomic mass is 9.91. The first-order chi connectivity index (χ1) is 14.9. The topological polar surface area (TPSA) is 49.9 Å². The van der Waals surface area contributed by atoms with Gasteiger partial charge in [-0.2, -0.15) is 0 Å². The van der Waals surface area contributed by atoms with Gasteiger partial charge in [0.05, 0.1) is 19.2 Å². The molecule has 4 rings (SSSR count). The third kappa shape index (κ3) is 4.07. The summed E-state index contributed by atoms with van der Waals surface area (Å²) >= 11 is 0. The normalized spacial score (nSPS) is 21.8. The van der Waals surface area contributed by atoms with Crippen LogP contribution in [0.5, 0.6) is 5.75 Å². The Balaban J connectivity index is 1.78. The van der Waals surface area contributed by atoms with Crippen molar-refractivity contribution in [1.29, 1.82) is 0 Å². The average Bonchev–Trinajstić information content (AvgIpc) is 2.99. The fraction of sp³-hybridized carbons (Fsp3) is 0.360. The highest BCUT2D eigenvalue weighted by Gasteiger charge is 2.43. The first-order valence-corrected chi connectivity index (χ1v) is 10.6. The SMILES string of the molecule is COc1ccccc1C1=C(N2CC(C)CC(C)C2)C(=O)N(Cc2ccc(F)cc2)C1=O.